The van der Waals surface area contributed by atoms with Gasteiger partial charge in [-0.25, -0.2) is 4.98 Å². The molecule has 4 aromatic rings. The number of aromatic hydroxyl groups is 1. The zero-order valence-electron chi connectivity index (χ0n) is 18.8. The minimum atomic E-state index is -0.0736. The van der Waals surface area contributed by atoms with E-state index in [1.54, 1.807) is 4.52 Å². The van der Waals surface area contributed by atoms with Crippen molar-refractivity contribution in [3.05, 3.63) is 76.2 Å². The Hall–Kier alpha value is -2.77. The number of aryl methyl sites for hydroxylation is 1. The molecule has 1 aliphatic rings. The van der Waals surface area contributed by atoms with Crippen LogP contribution in [0.4, 0.5) is 0 Å². The summed E-state index contributed by atoms with van der Waals surface area (Å²) in [7, 11) is 0. The van der Waals surface area contributed by atoms with Gasteiger partial charge in [0.1, 0.15) is 5.82 Å². The SMILES string of the molecule is Cc1nc2sc(C(c3ccc(C(C)C)cc3)N3CCCCC3c3cccnc3)c(O)n2n1. The van der Waals surface area contributed by atoms with Gasteiger partial charge in [0.05, 0.1) is 10.9 Å². The Labute approximate surface area is 192 Å². The summed E-state index contributed by atoms with van der Waals surface area (Å²) in [6.45, 7) is 7.24. The highest BCUT2D eigenvalue weighted by atomic mass is 32.1. The van der Waals surface area contributed by atoms with Gasteiger partial charge < -0.3 is 5.11 Å². The minimum Gasteiger partial charge on any atom is -0.492 e. The van der Waals surface area contributed by atoms with Crippen molar-refractivity contribution in [2.75, 3.05) is 6.54 Å². The lowest BCUT2D eigenvalue weighted by molar-refractivity contribution is 0.113. The molecule has 1 aliphatic heterocycles. The monoisotopic (exact) mass is 447 g/mol. The summed E-state index contributed by atoms with van der Waals surface area (Å²) in [5.74, 6) is 1.34. The Kier molecular flexibility index (Phi) is 5.69. The summed E-state index contributed by atoms with van der Waals surface area (Å²) < 4.78 is 1.58. The van der Waals surface area contributed by atoms with Crippen LogP contribution in [0.3, 0.4) is 0 Å². The average molecular weight is 448 g/mol. The molecule has 6 nitrogen and oxygen atoms in total. The maximum absolute atomic E-state index is 11.2. The van der Waals surface area contributed by atoms with Crippen molar-refractivity contribution in [1.82, 2.24) is 24.5 Å². The van der Waals surface area contributed by atoms with Gasteiger partial charge in [0.2, 0.25) is 10.8 Å². The predicted molar refractivity (Wildman–Crippen MR) is 127 cm³/mol. The van der Waals surface area contributed by atoms with Crippen molar-refractivity contribution in [2.45, 2.75) is 58.0 Å². The van der Waals surface area contributed by atoms with Crippen LogP contribution in [0.25, 0.3) is 4.96 Å². The number of likely N-dealkylation sites (tertiary alicyclic amines) is 1. The van der Waals surface area contributed by atoms with Crippen LogP contribution >= 0.6 is 11.3 Å². The molecule has 32 heavy (non-hydrogen) atoms. The molecule has 0 bridgehead atoms. The number of pyridine rings is 1. The number of fused-ring (bicyclic) bond motifs is 1. The molecule has 1 fully saturated rings. The minimum absolute atomic E-state index is 0.0736. The second kappa shape index (κ2) is 8.64. The van der Waals surface area contributed by atoms with E-state index in [9.17, 15) is 5.11 Å². The van der Waals surface area contributed by atoms with Gasteiger partial charge in [0.25, 0.3) is 0 Å². The fourth-order valence-electron chi connectivity index (χ4n) is 4.78. The first kappa shape index (κ1) is 21.1. The Morgan fingerprint density at radius 3 is 2.56 bits per heavy atom. The Balaban J connectivity index is 1.64. The van der Waals surface area contributed by atoms with E-state index in [1.165, 1.54) is 34.4 Å². The highest BCUT2D eigenvalue weighted by Crippen LogP contribution is 2.45. The lowest BCUT2D eigenvalue weighted by Crippen LogP contribution is -2.37. The molecule has 1 N–H and O–H groups in total. The second-order valence-electron chi connectivity index (χ2n) is 8.90. The number of hydrogen-bond acceptors (Lipinski definition) is 6. The van der Waals surface area contributed by atoms with Crippen LogP contribution in [-0.4, -0.2) is 36.1 Å². The summed E-state index contributed by atoms with van der Waals surface area (Å²) in [5, 5.41) is 15.6. The van der Waals surface area contributed by atoms with Gasteiger partial charge in [0, 0.05) is 18.4 Å². The largest absolute Gasteiger partial charge is 0.492 e. The van der Waals surface area contributed by atoms with Crippen LogP contribution in [0, 0.1) is 6.92 Å². The van der Waals surface area contributed by atoms with Crippen molar-refractivity contribution in [3.8, 4) is 5.88 Å². The highest BCUT2D eigenvalue weighted by molar-refractivity contribution is 7.17. The third-order valence-electron chi connectivity index (χ3n) is 6.42. The third-order valence-corrected chi connectivity index (χ3v) is 7.49. The maximum atomic E-state index is 11.2. The van der Waals surface area contributed by atoms with E-state index in [4.69, 9.17) is 0 Å². The molecular weight excluding hydrogens is 418 g/mol. The number of aromatic nitrogens is 4. The van der Waals surface area contributed by atoms with E-state index >= 15 is 0 Å². The van der Waals surface area contributed by atoms with Gasteiger partial charge in [0.15, 0.2) is 0 Å². The number of nitrogens with zero attached hydrogens (tertiary/aromatic N) is 5. The standard InChI is InChI=1S/C25H29N5OS/c1-16(2)18-9-11-19(12-10-18)22(23-24(31)30-25(32-23)27-17(3)28-30)29-14-5-4-8-21(29)20-7-6-13-26-15-20/h6-7,9-13,15-16,21-22,31H,4-5,8,14H2,1-3H3. The van der Waals surface area contributed by atoms with Crippen LogP contribution in [0.1, 0.15) is 78.5 Å². The van der Waals surface area contributed by atoms with E-state index < -0.39 is 0 Å². The number of piperidine rings is 1. The highest BCUT2D eigenvalue weighted by Gasteiger charge is 2.35. The number of rotatable bonds is 5. The number of hydrogen-bond donors (Lipinski definition) is 1. The average Bonchev–Trinajstić information content (AvgIpc) is 3.32. The van der Waals surface area contributed by atoms with Crippen LogP contribution in [-0.2, 0) is 0 Å². The Morgan fingerprint density at radius 2 is 1.88 bits per heavy atom. The van der Waals surface area contributed by atoms with Gasteiger partial charge >= 0.3 is 0 Å². The third kappa shape index (κ3) is 3.80. The molecule has 1 saturated heterocycles. The maximum Gasteiger partial charge on any atom is 0.230 e. The van der Waals surface area contributed by atoms with E-state index in [2.05, 4.69) is 64.1 Å². The molecule has 0 saturated carbocycles. The van der Waals surface area contributed by atoms with E-state index in [0.29, 0.717) is 11.7 Å². The smallest absolute Gasteiger partial charge is 0.230 e. The van der Waals surface area contributed by atoms with Crippen LogP contribution in [0.2, 0.25) is 0 Å². The van der Waals surface area contributed by atoms with Crippen LogP contribution < -0.4 is 0 Å². The van der Waals surface area contributed by atoms with Crippen molar-refractivity contribution >= 4 is 16.3 Å². The predicted octanol–water partition coefficient (Wildman–Crippen LogP) is 5.64. The van der Waals surface area contributed by atoms with Gasteiger partial charge in [-0.3, -0.25) is 9.88 Å². The molecular formula is C25H29N5OS. The van der Waals surface area contributed by atoms with E-state index in [1.807, 2.05) is 25.4 Å². The summed E-state index contributed by atoms with van der Waals surface area (Å²) in [6, 6.07) is 13.2. The van der Waals surface area contributed by atoms with Crippen molar-refractivity contribution < 1.29 is 5.11 Å². The zero-order valence-corrected chi connectivity index (χ0v) is 19.6. The van der Waals surface area contributed by atoms with Gasteiger partial charge in [-0.1, -0.05) is 61.9 Å². The zero-order chi connectivity index (χ0) is 22.2. The van der Waals surface area contributed by atoms with Crippen molar-refractivity contribution in [3.63, 3.8) is 0 Å². The fraction of sp³-hybridized carbons (Fsp3) is 0.400. The normalized spacial score (nSPS) is 18.4. The lowest BCUT2D eigenvalue weighted by Gasteiger charge is -2.41. The van der Waals surface area contributed by atoms with E-state index in [-0.39, 0.29) is 18.0 Å². The molecule has 0 spiro atoms. The first-order chi connectivity index (χ1) is 15.5. The second-order valence-corrected chi connectivity index (χ2v) is 9.91. The Morgan fingerprint density at radius 1 is 1.09 bits per heavy atom. The molecule has 0 radical (unpaired) electrons. The summed E-state index contributed by atoms with van der Waals surface area (Å²) in [4.78, 5) is 13.1. The molecule has 4 heterocycles. The van der Waals surface area contributed by atoms with Crippen LogP contribution in [0.5, 0.6) is 5.88 Å². The Bertz CT molecular complexity index is 1200. The fourth-order valence-corrected chi connectivity index (χ4v) is 5.93. The summed E-state index contributed by atoms with van der Waals surface area (Å²) in [5.41, 5.74) is 3.73. The van der Waals surface area contributed by atoms with Gasteiger partial charge in [-0.15, -0.1) is 5.10 Å². The number of benzene rings is 1. The topological polar surface area (TPSA) is 66.5 Å². The molecule has 0 aliphatic carbocycles. The molecule has 1 aromatic carbocycles. The molecule has 2 unspecified atom stereocenters. The molecule has 0 amide bonds. The summed E-state index contributed by atoms with van der Waals surface area (Å²) in [6.07, 6.45) is 7.21. The van der Waals surface area contributed by atoms with Gasteiger partial charge in [-0.05, 0) is 55.0 Å². The summed E-state index contributed by atoms with van der Waals surface area (Å²) >= 11 is 1.53. The van der Waals surface area contributed by atoms with Crippen LogP contribution in [0.15, 0.2) is 48.8 Å². The molecule has 3 aromatic heterocycles. The molecule has 2 atom stereocenters. The first-order valence-electron chi connectivity index (χ1n) is 11.3. The van der Waals surface area contributed by atoms with Crippen molar-refractivity contribution in [1.29, 1.82) is 0 Å². The molecule has 5 rings (SSSR count). The molecule has 166 valence electrons. The quantitative estimate of drug-likeness (QED) is 0.429. The lowest BCUT2D eigenvalue weighted by atomic mass is 9.91. The molecule has 7 heteroatoms. The number of thiazole rings is 1. The van der Waals surface area contributed by atoms with Gasteiger partial charge in [-0.2, -0.15) is 4.52 Å². The first-order valence-corrected chi connectivity index (χ1v) is 12.1. The van der Waals surface area contributed by atoms with Crippen molar-refractivity contribution in [2.24, 2.45) is 0 Å². The van der Waals surface area contributed by atoms with E-state index in [0.717, 1.165) is 29.2 Å².